The summed E-state index contributed by atoms with van der Waals surface area (Å²) in [6, 6.07) is 34.9. The Balaban J connectivity index is 1.58. The third kappa shape index (κ3) is 4.80. The van der Waals surface area contributed by atoms with Gasteiger partial charge in [0.05, 0.1) is 0 Å². The fourth-order valence-electron chi connectivity index (χ4n) is 3.87. The number of benzene rings is 4. The minimum atomic E-state index is -0.693. The normalized spacial score (nSPS) is 11.7. The summed E-state index contributed by atoms with van der Waals surface area (Å²) in [7, 11) is 1.68. The van der Waals surface area contributed by atoms with Gasteiger partial charge in [-0.2, -0.15) is 0 Å². The molecule has 0 aromatic heterocycles. The second-order valence-corrected chi connectivity index (χ2v) is 7.58. The standard InChI is InChI=1S/C26H24B2O3/c1-31-26(20-15-17-24(18-16-20)27(29)22-10-4-2-5-11-22)21-9-8-14-25(19-21)28(30)23-12-6-3-7-13-23/h2-19,26,29-30H,1H3. The Labute approximate surface area is 184 Å². The molecule has 2 N–H and O–H groups in total. The number of hydrogen-bond donors (Lipinski definition) is 2. The van der Waals surface area contributed by atoms with Crippen LogP contribution in [0.4, 0.5) is 0 Å². The van der Waals surface area contributed by atoms with Crippen LogP contribution < -0.4 is 21.9 Å². The topological polar surface area (TPSA) is 49.7 Å². The SMILES string of the molecule is COC(c1ccc(B(O)c2ccccc2)cc1)c1cccc(B(O)c2ccccc2)c1. The summed E-state index contributed by atoms with van der Waals surface area (Å²) in [6.45, 7) is -1.36. The van der Waals surface area contributed by atoms with Crippen LogP contribution in [0.5, 0.6) is 0 Å². The van der Waals surface area contributed by atoms with Gasteiger partial charge in [0, 0.05) is 7.11 Å². The highest BCUT2D eigenvalue weighted by molar-refractivity contribution is 6.79. The minimum absolute atomic E-state index is 0.272. The number of hydrogen-bond acceptors (Lipinski definition) is 3. The van der Waals surface area contributed by atoms with E-state index in [9.17, 15) is 10.0 Å². The smallest absolute Gasteiger partial charge is 0.358 e. The van der Waals surface area contributed by atoms with Crippen molar-refractivity contribution in [3.8, 4) is 0 Å². The summed E-state index contributed by atoms with van der Waals surface area (Å²) in [6.07, 6.45) is -0.272. The van der Waals surface area contributed by atoms with Crippen LogP contribution in [-0.2, 0) is 4.74 Å². The van der Waals surface area contributed by atoms with Crippen LogP contribution in [0.15, 0.2) is 109 Å². The lowest BCUT2D eigenvalue weighted by Gasteiger charge is -2.19. The van der Waals surface area contributed by atoms with E-state index in [1.807, 2.05) is 109 Å². The Hall–Kier alpha value is -3.11. The zero-order valence-electron chi connectivity index (χ0n) is 17.4. The molecule has 4 rings (SSSR count). The predicted octanol–water partition coefficient (Wildman–Crippen LogP) is 1.62. The molecule has 4 aromatic carbocycles. The Bertz CT molecular complexity index is 1100. The Morgan fingerprint density at radius 3 is 1.58 bits per heavy atom. The van der Waals surface area contributed by atoms with Gasteiger partial charge in [0.1, 0.15) is 6.10 Å². The molecule has 4 aromatic rings. The number of ether oxygens (including phenoxy) is 1. The van der Waals surface area contributed by atoms with Gasteiger partial charge in [-0.3, -0.25) is 0 Å². The molecule has 5 heteroatoms. The van der Waals surface area contributed by atoms with Gasteiger partial charge >= 0.3 is 13.8 Å². The van der Waals surface area contributed by atoms with Crippen molar-refractivity contribution in [2.24, 2.45) is 0 Å². The summed E-state index contributed by atoms with van der Waals surface area (Å²) < 4.78 is 5.80. The highest BCUT2D eigenvalue weighted by Crippen LogP contribution is 2.24. The predicted molar refractivity (Wildman–Crippen MR) is 129 cm³/mol. The van der Waals surface area contributed by atoms with Crippen LogP contribution in [0.25, 0.3) is 0 Å². The van der Waals surface area contributed by atoms with Crippen LogP contribution in [-0.4, -0.2) is 31.0 Å². The molecule has 0 aliphatic carbocycles. The quantitative estimate of drug-likeness (QED) is 0.459. The van der Waals surface area contributed by atoms with Gasteiger partial charge in [0.25, 0.3) is 0 Å². The molecule has 31 heavy (non-hydrogen) atoms. The van der Waals surface area contributed by atoms with E-state index in [0.717, 1.165) is 33.0 Å². The maximum absolute atomic E-state index is 10.8. The molecule has 0 radical (unpaired) electrons. The molecule has 0 aliphatic rings. The van der Waals surface area contributed by atoms with E-state index in [1.165, 1.54) is 0 Å². The van der Waals surface area contributed by atoms with Crippen molar-refractivity contribution in [2.75, 3.05) is 7.11 Å². The second-order valence-electron chi connectivity index (χ2n) is 7.58. The first kappa shape index (κ1) is 21.1. The maximum Gasteiger partial charge on any atom is 0.358 e. The van der Waals surface area contributed by atoms with Crippen LogP contribution in [0, 0.1) is 0 Å². The van der Waals surface area contributed by atoms with Gasteiger partial charge in [0.15, 0.2) is 0 Å². The average Bonchev–Trinajstić information content (AvgIpc) is 2.85. The van der Waals surface area contributed by atoms with Crippen LogP contribution >= 0.6 is 0 Å². The van der Waals surface area contributed by atoms with Crippen molar-refractivity contribution in [1.82, 2.24) is 0 Å². The molecule has 0 saturated heterocycles. The van der Waals surface area contributed by atoms with E-state index in [-0.39, 0.29) is 6.10 Å². The molecule has 1 atom stereocenters. The van der Waals surface area contributed by atoms with Crippen LogP contribution in [0.2, 0.25) is 0 Å². The molecule has 0 heterocycles. The molecule has 0 spiro atoms. The van der Waals surface area contributed by atoms with Crippen molar-refractivity contribution in [3.05, 3.63) is 120 Å². The molecule has 0 amide bonds. The highest BCUT2D eigenvalue weighted by Gasteiger charge is 2.21. The van der Waals surface area contributed by atoms with Crippen molar-refractivity contribution < 1.29 is 14.8 Å². The zero-order valence-corrected chi connectivity index (χ0v) is 17.4. The van der Waals surface area contributed by atoms with Crippen molar-refractivity contribution >= 4 is 35.7 Å². The maximum atomic E-state index is 10.8. The lowest BCUT2D eigenvalue weighted by atomic mass is 9.55. The van der Waals surface area contributed by atoms with E-state index in [4.69, 9.17) is 4.74 Å². The van der Waals surface area contributed by atoms with Crippen molar-refractivity contribution in [2.45, 2.75) is 6.10 Å². The van der Waals surface area contributed by atoms with Crippen LogP contribution in [0.3, 0.4) is 0 Å². The summed E-state index contributed by atoms with van der Waals surface area (Å²) in [5, 5.41) is 21.4. The molecule has 0 bridgehead atoms. The van der Waals surface area contributed by atoms with Gasteiger partial charge in [-0.25, -0.2) is 0 Å². The van der Waals surface area contributed by atoms with E-state index in [0.29, 0.717) is 0 Å². The Morgan fingerprint density at radius 1 is 0.548 bits per heavy atom. The summed E-state index contributed by atoms with van der Waals surface area (Å²) >= 11 is 0. The molecule has 0 aliphatic heterocycles. The monoisotopic (exact) mass is 406 g/mol. The fourth-order valence-corrected chi connectivity index (χ4v) is 3.87. The zero-order chi connectivity index (χ0) is 21.6. The number of methoxy groups -OCH3 is 1. The molecule has 3 nitrogen and oxygen atoms in total. The third-order valence-electron chi connectivity index (χ3n) is 5.55. The summed E-state index contributed by atoms with van der Waals surface area (Å²) in [5.41, 5.74) is 5.32. The minimum Gasteiger partial charge on any atom is -0.443 e. The first-order chi connectivity index (χ1) is 15.2. The van der Waals surface area contributed by atoms with Crippen LogP contribution in [0.1, 0.15) is 17.2 Å². The van der Waals surface area contributed by atoms with E-state index >= 15 is 0 Å². The number of rotatable bonds is 7. The molecular formula is C26H24B2O3. The van der Waals surface area contributed by atoms with Crippen molar-refractivity contribution in [3.63, 3.8) is 0 Å². The second kappa shape index (κ2) is 9.80. The largest absolute Gasteiger partial charge is 0.443 e. The van der Waals surface area contributed by atoms with Gasteiger partial charge in [-0.1, -0.05) is 109 Å². The van der Waals surface area contributed by atoms with E-state index < -0.39 is 13.8 Å². The molecule has 0 fully saturated rings. The van der Waals surface area contributed by atoms with E-state index in [2.05, 4.69) is 0 Å². The molecule has 1 unspecified atom stereocenters. The lowest BCUT2D eigenvalue weighted by molar-refractivity contribution is 0.136. The highest BCUT2D eigenvalue weighted by atomic mass is 16.5. The fraction of sp³-hybridized carbons (Fsp3) is 0.0769. The lowest BCUT2D eigenvalue weighted by Crippen LogP contribution is -2.42. The average molecular weight is 406 g/mol. The Morgan fingerprint density at radius 2 is 1.03 bits per heavy atom. The van der Waals surface area contributed by atoms with Crippen molar-refractivity contribution in [1.29, 1.82) is 0 Å². The Kier molecular flexibility index (Phi) is 6.68. The molecule has 0 saturated carbocycles. The summed E-state index contributed by atoms with van der Waals surface area (Å²) in [4.78, 5) is 0. The first-order valence-electron chi connectivity index (χ1n) is 10.4. The summed E-state index contributed by atoms with van der Waals surface area (Å²) in [5.74, 6) is 0. The molecule has 152 valence electrons. The van der Waals surface area contributed by atoms with E-state index in [1.54, 1.807) is 7.11 Å². The third-order valence-corrected chi connectivity index (χ3v) is 5.55. The van der Waals surface area contributed by atoms with Gasteiger partial charge in [-0.05, 0) is 33.0 Å². The first-order valence-corrected chi connectivity index (χ1v) is 10.4. The molecular weight excluding hydrogens is 382 g/mol. The van der Waals surface area contributed by atoms with Gasteiger partial charge in [0.2, 0.25) is 0 Å². The van der Waals surface area contributed by atoms with Gasteiger partial charge < -0.3 is 14.8 Å². The van der Waals surface area contributed by atoms with Gasteiger partial charge in [-0.15, -0.1) is 0 Å².